The molecule has 2 rings (SSSR count). The molecule has 0 radical (unpaired) electrons. The SMILES string of the molecule is O=C(O)C(CCSc1ccccc1)(CCSc1ccccc1)C(=O)O. The Kier molecular flexibility index (Phi) is 7.40. The predicted octanol–water partition coefficient (Wildman–Crippen LogP) is 4.51. The summed E-state index contributed by atoms with van der Waals surface area (Å²) in [6, 6.07) is 19.1. The average molecular weight is 376 g/mol. The fourth-order valence-corrected chi connectivity index (χ4v) is 4.44. The van der Waals surface area contributed by atoms with E-state index >= 15 is 0 Å². The van der Waals surface area contributed by atoms with Crippen molar-refractivity contribution in [1.82, 2.24) is 0 Å². The third-order valence-electron chi connectivity index (χ3n) is 3.90. The standard InChI is InChI=1S/C19H20O4S2/c20-17(21)19(18(22)23,11-13-24-15-7-3-1-4-8-15)12-14-25-16-9-5-2-6-10-16/h1-10H,11-14H2,(H,20,21)(H,22,23). The lowest BCUT2D eigenvalue weighted by molar-refractivity contribution is -0.165. The van der Waals surface area contributed by atoms with Crippen LogP contribution >= 0.6 is 23.5 Å². The molecular weight excluding hydrogens is 356 g/mol. The zero-order valence-corrected chi connectivity index (χ0v) is 15.3. The number of thioether (sulfide) groups is 2. The second kappa shape index (κ2) is 9.53. The van der Waals surface area contributed by atoms with Crippen molar-refractivity contribution in [2.75, 3.05) is 11.5 Å². The quantitative estimate of drug-likeness (QED) is 0.469. The Morgan fingerprint density at radius 2 is 1.08 bits per heavy atom. The van der Waals surface area contributed by atoms with Crippen molar-refractivity contribution in [1.29, 1.82) is 0 Å². The third kappa shape index (κ3) is 5.54. The highest BCUT2D eigenvalue weighted by atomic mass is 32.2. The van der Waals surface area contributed by atoms with E-state index in [1.807, 2.05) is 60.7 Å². The van der Waals surface area contributed by atoms with Crippen LogP contribution < -0.4 is 0 Å². The Labute approximate surface area is 155 Å². The molecule has 0 heterocycles. The average Bonchev–Trinajstić information content (AvgIpc) is 2.61. The first kappa shape index (κ1) is 19.4. The number of rotatable bonds is 10. The zero-order chi connectivity index (χ0) is 18.1. The van der Waals surface area contributed by atoms with Gasteiger partial charge in [0, 0.05) is 9.79 Å². The smallest absolute Gasteiger partial charge is 0.321 e. The summed E-state index contributed by atoms with van der Waals surface area (Å²) in [4.78, 5) is 25.5. The Balaban J connectivity index is 1.97. The van der Waals surface area contributed by atoms with Crippen molar-refractivity contribution in [2.45, 2.75) is 22.6 Å². The molecule has 0 atom stereocenters. The van der Waals surface area contributed by atoms with Gasteiger partial charge in [0.05, 0.1) is 0 Å². The normalized spacial score (nSPS) is 11.2. The first-order valence-electron chi connectivity index (χ1n) is 7.87. The van der Waals surface area contributed by atoms with Gasteiger partial charge in [-0.3, -0.25) is 9.59 Å². The Hall–Kier alpha value is -1.92. The molecule has 0 amide bonds. The van der Waals surface area contributed by atoms with Crippen LogP contribution in [0.25, 0.3) is 0 Å². The minimum absolute atomic E-state index is 0.0899. The van der Waals surface area contributed by atoms with Crippen molar-refractivity contribution >= 4 is 35.5 Å². The number of benzene rings is 2. The van der Waals surface area contributed by atoms with Crippen LogP contribution in [0.5, 0.6) is 0 Å². The first-order chi connectivity index (χ1) is 12.0. The topological polar surface area (TPSA) is 74.6 Å². The van der Waals surface area contributed by atoms with Crippen LogP contribution in [-0.2, 0) is 9.59 Å². The molecule has 0 unspecified atom stereocenters. The van der Waals surface area contributed by atoms with Crippen LogP contribution in [0.4, 0.5) is 0 Å². The van der Waals surface area contributed by atoms with Gasteiger partial charge in [-0.25, -0.2) is 0 Å². The highest BCUT2D eigenvalue weighted by Gasteiger charge is 2.45. The molecule has 0 saturated carbocycles. The summed E-state index contributed by atoms with van der Waals surface area (Å²) in [5, 5.41) is 19.2. The number of carboxylic acid groups (broad SMARTS) is 2. The van der Waals surface area contributed by atoms with Crippen molar-refractivity contribution in [3.05, 3.63) is 60.7 Å². The third-order valence-corrected chi connectivity index (χ3v) is 5.93. The van der Waals surface area contributed by atoms with E-state index in [1.54, 1.807) is 0 Å². The number of hydrogen-bond donors (Lipinski definition) is 2. The van der Waals surface area contributed by atoms with E-state index in [-0.39, 0.29) is 12.8 Å². The lowest BCUT2D eigenvalue weighted by Gasteiger charge is -2.24. The van der Waals surface area contributed by atoms with Gasteiger partial charge in [0.1, 0.15) is 0 Å². The van der Waals surface area contributed by atoms with E-state index < -0.39 is 17.4 Å². The summed E-state index contributed by atoms with van der Waals surface area (Å²) in [5.41, 5.74) is -1.75. The largest absolute Gasteiger partial charge is 0.480 e. The predicted molar refractivity (Wildman–Crippen MR) is 101 cm³/mol. The molecule has 0 bridgehead atoms. The monoisotopic (exact) mass is 376 g/mol. The molecule has 132 valence electrons. The summed E-state index contributed by atoms with van der Waals surface area (Å²) < 4.78 is 0. The lowest BCUT2D eigenvalue weighted by atomic mass is 9.82. The van der Waals surface area contributed by atoms with Gasteiger partial charge in [0.2, 0.25) is 0 Å². The molecule has 4 nitrogen and oxygen atoms in total. The summed E-state index contributed by atoms with van der Waals surface area (Å²) >= 11 is 2.96. The molecule has 0 spiro atoms. The van der Waals surface area contributed by atoms with Gasteiger partial charge in [0.15, 0.2) is 5.41 Å². The first-order valence-corrected chi connectivity index (χ1v) is 9.84. The highest BCUT2D eigenvalue weighted by Crippen LogP contribution is 2.34. The van der Waals surface area contributed by atoms with Gasteiger partial charge in [-0.15, -0.1) is 23.5 Å². The molecule has 0 aliphatic rings. The molecular formula is C19H20O4S2. The maximum atomic E-state index is 11.7. The Bertz CT molecular complexity index is 628. The molecule has 0 aliphatic heterocycles. The van der Waals surface area contributed by atoms with Crippen LogP contribution in [-0.4, -0.2) is 33.7 Å². The minimum atomic E-state index is -1.75. The second-order valence-corrected chi connectivity index (χ2v) is 7.85. The van der Waals surface area contributed by atoms with E-state index in [9.17, 15) is 19.8 Å². The van der Waals surface area contributed by atoms with Gasteiger partial charge in [-0.1, -0.05) is 36.4 Å². The Morgan fingerprint density at radius 1 is 0.720 bits per heavy atom. The van der Waals surface area contributed by atoms with Crippen molar-refractivity contribution in [3.8, 4) is 0 Å². The van der Waals surface area contributed by atoms with Gasteiger partial charge < -0.3 is 10.2 Å². The summed E-state index contributed by atoms with van der Waals surface area (Å²) in [5.74, 6) is -1.64. The molecule has 2 aromatic rings. The summed E-state index contributed by atoms with van der Waals surface area (Å²) in [7, 11) is 0. The fourth-order valence-electron chi connectivity index (χ4n) is 2.36. The molecule has 25 heavy (non-hydrogen) atoms. The molecule has 2 aromatic carbocycles. The van der Waals surface area contributed by atoms with Gasteiger partial charge in [-0.05, 0) is 48.6 Å². The van der Waals surface area contributed by atoms with E-state index in [0.29, 0.717) is 11.5 Å². The van der Waals surface area contributed by atoms with E-state index in [0.717, 1.165) is 9.79 Å². The van der Waals surface area contributed by atoms with Crippen molar-refractivity contribution < 1.29 is 19.8 Å². The minimum Gasteiger partial charge on any atom is -0.480 e. The van der Waals surface area contributed by atoms with Crippen LogP contribution in [0, 0.1) is 5.41 Å². The maximum absolute atomic E-state index is 11.7. The fraction of sp³-hybridized carbons (Fsp3) is 0.263. The number of carboxylic acids is 2. The Morgan fingerprint density at radius 3 is 1.40 bits per heavy atom. The van der Waals surface area contributed by atoms with Crippen molar-refractivity contribution in [3.63, 3.8) is 0 Å². The number of aliphatic carboxylic acids is 2. The molecule has 0 fully saturated rings. The molecule has 2 N–H and O–H groups in total. The van der Waals surface area contributed by atoms with Crippen LogP contribution in [0.15, 0.2) is 70.5 Å². The van der Waals surface area contributed by atoms with E-state index in [1.165, 1.54) is 23.5 Å². The number of hydrogen-bond acceptors (Lipinski definition) is 4. The van der Waals surface area contributed by atoms with E-state index in [4.69, 9.17) is 0 Å². The van der Waals surface area contributed by atoms with Crippen molar-refractivity contribution in [2.24, 2.45) is 5.41 Å². The van der Waals surface area contributed by atoms with Crippen LogP contribution in [0.1, 0.15) is 12.8 Å². The van der Waals surface area contributed by atoms with Crippen LogP contribution in [0.3, 0.4) is 0 Å². The molecule has 0 aromatic heterocycles. The lowest BCUT2D eigenvalue weighted by Crippen LogP contribution is -2.40. The van der Waals surface area contributed by atoms with Gasteiger partial charge in [0.25, 0.3) is 0 Å². The maximum Gasteiger partial charge on any atom is 0.321 e. The van der Waals surface area contributed by atoms with E-state index in [2.05, 4.69) is 0 Å². The van der Waals surface area contributed by atoms with Gasteiger partial charge >= 0.3 is 11.9 Å². The zero-order valence-electron chi connectivity index (χ0n) is 13.6. The summed E-state index contributed by atoms with van der Waals surface area (Å²) in [6.45, 7) is 0. The summed E-state index contributed by atoms with van der Waals surface area (Å²) in [6.07, 6.45) is 0.180. The van der Waals surface area contributed by atoms with Crippen LogP contribution in [0.2, 0.25) is 0 Å². The molecule has 0 aliphatic carbocycles. The molecule has 0 saturated heterocycles. The second-order valence-electron chi connectivity index (χ2n) is 5.52. The highest BCUT2D eigenvalue weighted by molar-refractivity contribution is 7.99. The van der Waals surface area contributed by atoms with Gasteiger partial charge in [-0.2, -0.15) is 0 Å². The molecule has 6 heteroatoms. The number of carbonyl (C=O) groups is 2.